The molecule has 0 fully saturated rings. The molecule has 1 aromatic carbocycles. The molecule has 68 valence electrons. The van der Waals surface area contributed by atoms with Crippen LogP contribution >= 0.6 is 0 Å². The Kier molecular flexibility index (Phi) is 1.92. The molecule has 1 nitrogen and oxygen atoms in total. The summed E-state index contributed by atoms with van der Waals surface area (Å²) in [6.45, 7) is 5.96. The van der Waals surface area contributed by atoms with Gasteiger partial charge in [-0.3, -0.25) is 4.79 Å². The summed E-state index contributed by atoms with van der Waals surface area (Å²) in [6, 6.07) is 7.63. The van der Waals surface area contributed by atoms with Crippen molar-refractivity contribution >= 4 is 19.2 Å². The maximum atomic E-state index is 11.9. The van der Waals surface area contributed by atoms with Crippen molar-refractivity contribution in [1.29, 1.82) is 0 Å². The fourth-order valence-corrected chi connectivity index (χ4v) is 1.74. The Hall–Kier alpha value is -1.57. The average molecular weight is 182 g/mol. The molecule has 1 aliphatic carbocycles. The lowest BCUT2D eigenvalue weighted by Crippen LogP contribution is -2.14. The van der Waals surface area contributed by atoms with E-state index < -0.39 is 0 Å². The van der Waals surface area contributed by atoms with Gasteiger partial charge in [-0.25, -0.2) is 0 Å². The minimum absolute atomic E-state index is 0.130. The molecule has 0 saturated heterocycles. The molecule has 0 aliphatic heterocycles. The third-order valence-electron chi connectivity index (χ3n) is 2.85. The van der Waals surface area contributed by atoms with Crippen LogP contribution in [0.4, 0.5) is 0 Å². The van der Waals surface area contributed by atoms with Gasteiger partial charge in [-0.1, -0.05) is 30.8 Å². The average Bonchev–Trinajstić information content (AvgIpc) is 2.23. The van der Waals surface area contributed by atoms with E-state index in [0.717, 1.165) is 27.7 Å². The van der Waals surface area contributed by atoms with E-state index in [-0.39, 0.29) is 5.78 Å². The van der Waals surface area contributed by atoms with E-state index in [1.54, 1.807) is 0 Å². The standard InChI is InChI=1S/C12H11BO/c1-7-8(2)11(13)12(14)10-6-4-3-5-9(7)10/h3-6H,1,13H2,2H3. The molecule has 0 aromatic heterocycles. The second-order valence-corrected chi connectivity index (χ2v) is 3.60. The van der Waals surface area contributed by atoms with Crippen LogP contribution in [0.5, 0.6) is 0 Å². The van der Waals surface area contributed by atoms with Crippen LogP contribution in [0.1, 0.15) is 22.8 Å². The van der Waals surface area contributed by atoms with Gasteiger partial charge < -0.3 is 0 Å². The highest BCUT2D eigenvalue weighted by Crippen LogP contribution is 2.32. The number of carbonyl (C=O) groups excluding carboxylic acids is 1. The summed E-state index contributed by atoms with van der Waals surface area (Å²) >= 11 is 0. The summed E-state index contributed by atoms with van der Waals surface area (Å²) in [6.07, 6.45) is 0. The zero-order valence-electron chi connectivity index (χ0n) is 8.42. The van der Waals surface area contributed by atoms with Gasteiger partial charge >= 0.3 is 0 Å². The Labute approximate surface area is 84.5 Å². The lowest BCUT2D eigenvalue weighted by Gasteiger charge is -2.19. The van der Waals surface area contributed by atoms with Gasteiger partial charge in [0.2, 0.25) is 0 Å². The molecule has 0 heterocycles. The van der Waals surface area contributed by atoms with Crippen LogP contribution in [0.2, 0.25) is 0 Å². The zero-order valence-corrected chi connectivity index (χ0v) is 8.42. The Morgan fingerprint density at radius 1 is 1.21 bits per heavy atom. The van der Waals surface area contributed by atoms with E-state index in [0.29, 0.717) is 0 Å². The van der Waals surface area contributed by atoms with Crippen LogP contribution in [-0.2, 0) is 0 Å². The fourth-order valence-electron chi connectivity index (χ4n) is 1.74. The van der Waals surface area contributed by atoms with Gasteiger partial charge in [0.05, 0.1) is 0 Å². The van der Waals surface area contributed by atoms with Gasteiger partial charge in [-0.2, -0.15) is 0 Å². The number of ketones is 1. The van der Waals surface area contributed by atoms with E-state index in [1.165, 1.54) is 0 Å². The summed E-state index contributed by atoms with van der Waals surface area (Å²) in [4.78, 5) is 11.9. The van der Waals surface area contributed by atoms with Crippen LogP contribution in [0.3, 0.4) is 0 Å². The van der Waals surface area contributed by atoms with Crippen molar-refractivity contribution in [3.63, 3.8) is 0 Å². The van der Waals surface area contributed by atoms with Gasteiger partial charge in [0.1, 0.15) is 7.85 Å². The molecule has 2 heteroatoms. The van der Waals surface area contributed by atoms with E-state index in [2.05, 4.69) is 6.58 Å². The van der Waals surface area contributed by atoms with Crippen molar-refractivity contribution in [2.45, 2.75) is 6.92 Å². The predicted octanol–water partition coefficient (Wildman–Crippen LogP) is 1.80. The van der Waals surface area contributed by atoms with Gasteiger partial charge in [-0.05, 0) is 29.1 Å². The highest BCUT2D eigenvalue weighted by molar-refractivity contribution is 6.43. The van der Waals surface area contributed by atoms with E-state index in [1.807, 2.05) is 39.0 Å². The van der Waals surface area contributed by atoms with Gasteiger partial charge in [0.15, 0.2) is 5.78 Å². The molecule has 0 amide bonds. The number of allylic oxidation sites excluding steroid dienone is 3. The first-order valence-corrected chi connectivity index (χ1v) is 4.64. The second-order valence-electron chi connectivity index (χ2n) is 3.60. The SMILES string of the molecule is BC1=C(C)C(=C)c2ccccc2C1=O. The molecular formula is C12H11BO. The summed E-state index contributed by atoms with van der Waals surface area (Å²) in [5, 5.41) is 0. The number of carbonyl (C=O) groups is 1. The molecule has 14 heavy (non-hydrogen) atoms. The van der Waals surface area contributed by atoms with Crippen molar-refractivity contribution in [2.75, 3.05) is 0 Å². The quantitative estimate of drug-likeness (QED) is 0.559. The Morgan fingerprint density at radius 2 is 1.79 bits per heavy atom. The van der Waals surface area contributed by atoms with E-state index in [9.17, 15) is 4.79 Å². The van der Waals surface area contributed by atoms with Crippen molar-refractivity contribution in [3.8, 4) is 0 Å². The lowest BCUT2D eigenvalue weighted by atomic mass is 9.75. The molecule has 0 saturated carbocycles. The molecule has 0 spiro atoms. The molecular weight excluding hydrogens is 171 g/mol. The van der Waals surface area contributed by atoms with Crippen molar-refractivity contribution in [3.05, 3.63) is 53.0 Å². The Bertz CT molecular complexity index is 426. The number of fused-ring (bicyclic) bond motifs is 1. The minimum atomic E-state index is 0.130. The number of hydrogen-bond donors (Lipinski definition) is 0. The van der Waals surface area contributed by atoms with Crippen molar-refractivity contribution < 1.29 is 4.79 Å². The van der Waals surface area contributed by atoms with E-state index in [4.69, 9.17) is 0 Å². The summed E-state index contributed by atoms with van der Waals surface area (Å²) in [5.41, 5.74) is 4.54. The van der Waals surface area contributed by atoms with Crippen LogP contribution in [0.25, 0.3) is 5.57 Å². The fraction of sp³-hybridized carbons (Fsp3) is 0.0833. The van der Waals surface area contributed by atoms with Crippen LogP contribution < -0.4 is 0 Å². The smallest absolute Gasteiger partial charge is 0.180 e. The highest BCUT2D eigenvalue weighted by atomic mass is 16.1. The van der Waals surface area contributed by atoms with Crippen LogP contribution in [0, 0.1) is 0 Å². The molecule has 2 rings (SSSR count). The number of benzene rings is 1. The number of hydrogen-bond acceptors (Lipinski definition) is 1. The molecule has 0 atom stereocenters. The van der Waals surface area contributed by atoms with Gasteiger partial charge in [0.25, 0.3) is 0 Å². The minimum Gasteiger partial charge on any atom is -0.290 e. The maximum Gasteiger partial charge on any atom is 0.180 e. The normalized spacial score (nSPS) is 15.8. The topological polar surface area (TPSA) is 17.1 Å². The predicted molar refractivity (Wildman–Crippen MR) is 61.1 cm³/mol. The summed E-state index contributed by atoms with van der Waals surface area (Å²) in [5.74, 6) is 0.130. The molecule has 1 aliphatic rings. The van der Waals surface area contributed by atoms with Crippen molar-refractivity contribution in [2.24, 2.45) is 0 Å². The molecule has 0 radical (unpaired) electrons. The monoisotopic (exact) mass is 182 g/mol. The molecule has 0 N–H and O–H groups in total. The first-order chi connectivity index (χ1) is 6.63. The van der Waals surface area contributed by atoms with Gasteiger partial charge in [-0.15, -0.1) is 0 Å². The van der Waals surface area contributed by atoms with Crippen LogP contribution in [-0.4, -0.2) is 13.6 Å². The van der Waals surface area contributed by atoms with Crippen LogP contribution in [0.15, 0.2) is 41.9 Å². The lowest BCUT2D eigenvalue weighted by molar-refractivity contribution is 0.104. The highest BCUT2D eigenvalue weighted by Gasteiger charge is 2.22. The zero-order chi connectivity index (χ0) is 10.3. The Balaban J connectivity index is 2.73. The second kappa shape index (κ2) is 2.98. The third kappa shape index (κ3) is 1.07. The van der Waals surface area contributed by atoms with Gasteiger partial charge in [0, 0.05) is 5.56 Å². The largest absolute Gasteiger partial charge is 0.290 e. The van der Waals surface area contributed by atoms with Crippen molar-refractivity contribution in [1.82, 2.24) is 0 Å². The molecule has 0 unspecified atom stereocenters. The first-order valence-electron chi connectivity index (χ1n) is 4.64. The maximum absolute atomic E-state index is 11.9. The number of Topliss-reactive ketones (excluding diaryl/α,β-unsaturated/α-hetero) is 1. The number of rotatable bonds is 0. The molecule has 0 bridgehead atoms. The summed E-state index contributed by atoms with van der Waals surface area (Å²) < 4.78 is 0. The third-order valence-corrected chi connectivity index (χ3v) is 2.85. The first kappa shape index (κ1) is 9.01. The van der Waals surface area contributed by atoms with E-state index >= 15 is 0 Å². The molecule has 1 aromatic rings. The summed E-state index contributed by atoms with van der Waals surface area (Å²) in [7, 11) is 1.86. The Morgan fingerprint density at radius 3 is 2.43 bits per heavy atom.